The van der Waals surface area contributed by atoms with Crippen molar-refractivity contribution in [3.8, 4) is 11.5 Å². The van der Waals surface area contributed by atoms with Gasteiger partial charge in [-0.05, 0) is 57.0 Å². The maximum absolute atomic E-state index is 13.2. The number of Topliss-reactive ketones (excluding diaryl/α,β-unsaturated/α-hetero) is 1. The number of aryl methyl sites for hydroxylation is 1. The minimum absolute atomic E-state index is 0.0301. The number of ether oxygens (including phenoxy) is 3. The zero-order valence-electron chi connectivity index (χ0n) is 20.5. The maximum atomic E-state index is 13.2. The van der Waals surface area contributed by atoms with Gasteiger partial charge in [0.05, 0.1) is 30.9 Å². The topological polar surface area (TPSA) is 85.3 Å². The summed E-state index contributed by atoms with van der Waals surface area (Å²) in [7, 11) is 1.53. The van der Waals surface area contributed by atoms with Crippen LogP contribution in [0.5, 0.6) is 11.5 Å². The van der Waals surface area contributed by atoms with Gasteiger partial charge < -0.3 is 24.2 Å². The van der Waals surface area contributed by atoms with Crippen LogP contribution in [0.2, 0.25) is 0 Å². The predicted octanol–water partition coefficient (Wildman–Crippen LogP) is 4.64. The minimum Gasteiger partial charge on any atom is -0.507 e. The Morgan fingerprint density at radius 2 is 1.82 bits per heavy atom. The summed E-state index contributed by atoms with van der Waals surface area (Å²) in [5, 5.41) is 11.3. The molecule has 1 saturated heterocycles. The third-order valence-electron chi connectivity index (χ3n) is 5.56. The molecule has 1 unspecified atom stereocenters. The van der Waals surface area contributed by atoms with Crippen molar-refractivity contribution >= 4 is 17.4 Å². The number of aliphatic hydroxyl groups is 1. The highest BCUT2D eigenvalue weighted by Gasteiger charge is 2.47. The normalized spacial score (nSPS) is 17.5. The monoisotopic (exact) mass is 467 g/mol. The number of carbonyl (C=O) groups is 2. The van der Waals surface area contributed by atoms with Crippen molar-refractivity contribution in [2.45, 2.75) is 46.3 Å². The zero-order chi connectivity index (χ0) is 24.8. The Bertz CT molecular complexity index is 1070. The van der Waals surface area contributed by atoms with Crippen LogP contribution < -0.4 is 9.47 Å². The van der Waals surface area contributed by atoms with Crippen LogP contribution in [0.1, 0.15) is 49.9 Å². The highest BCUT2D eigenvalue weighted by Crippen LogP contribution is 2.43. The zero-order valence-corrected chi connectivity index (χ0v) is 20.5. The van der Waals surface area contributed by atoms with Crippen molar-refractivity contribution < 1.29 is 28.9 Å². The van der Waals surface area contributed by atoms with Gasteiger partial charge in [0.2, 0.25) is 0 Å². The number of hydrogen-bond donors (Lipinski definition) is 1. The molecule has 34 heavy (non-hydrogen) atoms. The van der Waals surface area contributed by atoms with Crippen molar-refractivity contribution in [1.82, 2.24) is 4.90 Å². The highest BCUT2D eigenvalue weighted by atomic mass is 16.5. The van der Waals surface area contributed by atoms with Crippen molar-refractivity contribution in [3.63, 3.8) is 0 Å². The third kappa shape index (κ3) is 5.25. The molecule has 7 heteroatoms. The molecular weight excluding hydrogens is 434 g/mol. The molecule has 1 amide bonds. The van der Waals surface area contributed by atoms with Crippen LogP contribution in [-0.2, 0) is 14.3 Å². The molecule has 1 aliphatic heterocycles. The van der Waals surface area contributed by atoms with Gasteiger partial charge in [-0.3, -0.25) is 9.59 Å². The van der Waals surface area contributed by atoms with Crippen LogP contribution >= 0.6 is 0 Å². The average molecular weight is 468 g/mol. The summed E-state index contributed by atoms with van der Waals surface area (Å²) in [6.07, 6.45) is 0.768. The molecule has 2 aromatic rings. The Morgan fingerprint density at radius 1 is 1.09 bits per heavy atom. The summed E-state index contributed by atoms with van der Waals surface area (Å²) in [5.74, 6) is -0.374. The Labute approximate surface area is 200 Å². The van der Waals surface area contributed by atoms with Gasteiger partial charge in [0.25, 0.3) is 11.7 Å². The molecule has 0 radical (unpaired) electrons. The van der Waals surface area contributed by atoms with E-state index in [-0.39, 0.29) is 30.6 Å². The van der Waals surface area contributed by atoms with E-state index in [2.05, 4.69) is 0 Å². The molecule has 0 bridgehead atoms. The lowest BCUT2D eigenvalue weighted by Gasteiger charge is -2.27. The van der Waals surface area contributed by atoms with E-state index < -0.39 is 17.7 Å². The SMILES string of the molecule is CCCOc1ccc(/C(O)=C2/C(=O)C(=O)N(CCOC)C2c2ccccc2OC(C)C)cc1C. The molecule has 1 N–H and O–H groups in total. The second-order valence-electron chi connectivity index (χ2n) is 8.52. The molecule has 2 aromatic carbocycles. The smallest absolute Gasteiger partial charge is 0.295 e. The van der Waals surface area contributed by atoms with Crippen molar-refractivity contribution in [3.05, 3.63) is 64.7 Å². The Balaban J connectivity index is 2.15. The fourth-order valence-corrected chi connectivity index (χ4v) is 4.02. The van der Waals surface area contributed by atoms with Crippen LogP contribution in [0, 0.1) is 6.92 Å². The number of likely N-dealkylation sites (tertiary alicyclic amines) is 1. The summed E-state index contributed by atoms with van der Waals surface area (Å²) in [6.45, 7) is 8.75. The van der Waals surface area contributed by atoms with Gasteiger partial charge in [0, 0.05) is 24.8 Å². The van der Waals surface area contributed by atoms with Gasteiger partial charge >= 0.3 is 0 Å². The number of ketones is 1. The van der Waals surface area contributed by atoms with E-state index in [1.54, 1.807) is 24.3 Å². The average Bonchev–Trinajstić information content (AvgIpc) is 3.06. The summed E-state index contributed by atoms with van der Waals surface area (Å²) in [6, 6.07) is 11.7. The fourth-order valence-electron chi connectivity index (χ4n) is 4.02. The van der Waals surface area contributed by atoms with E-state index in [1.807, 2.05) is 45.9 Å². The summed E-state index contributed by atoms with van der Waals surface area (Å²) >= 11 is 0. The molecule has 0 spiro atoms. The number of aliphatic hydroxyl groups excluding tert-OH is 1. The van der Waals surface area contributed by atoms with E-state index >= 15 is 0 Å². The predicted molar refractivity (Wildman–Crippen MR) is 130 cm³/mol. The summed E-state index contributed by atoms with van der Waals surface area (Å²) in [5.41, 5.74) is 1.93. The van der Waals surface area contributed by atoms with E-state index in [0.29, 0.717) is 29.2 Å². The number of carbonyl (C=O) groups excluding carboxylic acids is 2. The first-order chi connectivity index (χ1) is 16.3. The first kappa shape index (κ1) is 25.3. The Morgan fingerprint density at radius 3 is 2.47 bits per heavy atom. The van der Waals surface area contributed by atoms with Crippen LogP contribution in [0.4, 0.5) is 0 Å². The number of rotatable bonds is 10. The first-order valence-electron chi connectivity index (χ1n) is 11.6. The minimum atomic E-state index is -0.804. The molecule has 1 aliphatic rings. The van der Waals surface area contributed by atoms with E-state index in [4.69, 9.17) is 14.2 Å². The van der Waals surface area contributed by atoms with Gasteiger partial charge in [0.15, 0.2) is 0 Å². The first-order valence-corrected chi connectivity index (χ1v) is 11.6. The van der Waals surface area contributed by atoms with Crippen LogP contribution in [0.25, 0.3) is 5.76 Å². The second kappa shape index (κ2) is 11.2. The van der Waals surface area contributed by atoms with Gasteiger partial charge in [0.1, 0.15) is 17.3 Å². The van der Waals surface area contributed by atoms with Gasteiger partial charge in [-0.1, -0.05) is 25.1 Å². The highest BCUT2D eigenvalue weighted by molar-refractivity contribution is 6.46. The fraction of sp³-hybridized carbons (Fsp3) is 0.407. The molecule has 0 aromatic heterocycles. The van der Waals surface area contributed by atoms with Crippen molar-refractivity contribution in [2.24, 2.45) is 0 Å². The molecule has 1 atom stereocenters. The van der Waals surface area contributed by atoms with Gasteiger partial charge in [-0.2, -0.15) is 0 Å². The Hall–Kier alpha value is -3.32. The quantitative estimate of drug-likeness (QED) is 0.311. The van der Waals surface area contributed by atoms with Crippen molar-refractivity contribution in [2.75, 3.05) is 26.9 Å². The second-order valence-corrected chi connectivity index (χ2v) is 8.52. The van der Waals surface area contributed by atoms with Crippen LogP contribution in [0.15, 0.2) is 48.0 Å². The summed E-state index contributed by atoms with van der Waals surface area (Å²) < 4.78 is 16.9. The molecule has 1 fully saturated rings. The number of benzene rings is 2. The number of amides is 1. The van der Waals surface area contributed by atoms with Crippen LogP contribution in [0.3, 0.4) is 0 Å². The molecule has 1 heterocycles. The Kier molecular flexibility index (Phi) is 8.34. The van der Waals surface area contributed by atoms with E-state index in [1.165, 1.54) is 12.0 Å². The number of para-hydroxylation sites is 1. The molecular formula is C27H33NO6. The summed E-state index contributed by atoms with van der Waals surface area (Å²) in [4.78, 5) is 27.7. The van der Waals surface area contributed by atoms with Crippen LogP contribution in [-0.4, -0.2) is 54.7 Å². The van der Waals surface area contributed by atoms with Gasteiger partial charge in [-0.15, -0.1) is 0 Å². The lowest BCUT2D eigenvalue weighted by molar-refractivity contribution is -0.140. The molecule has 182 valence electrons. The largest absolute Gasteiger partial charge is 0.507 e. The number of nitrogens with zero attached hydrogens (tertiary/aromatic N) is 1. The van der Waals surface area contributed by atoms with E-state index in [9.17, 15) is 14.7 Å². The standard InChI is InChI=1S/C27H33NO6/c1-6-14-33-21-12-11-19(16-18(21)4)25(29)23-24(28(13-15-32-5)27(31)26(23)30)20-9-7-8-10-22(20)34-17(2)3/h7-12,16-17,24,29H,6,13-15H2,1-5H3/b25-23-. The molecule has 7 nitrogen and oxygen atoms in total. The lowest BCUT2D eigenvalue weighted by atomic mass is 9.94. The number of hydrogen-bond acceptors (Lipinski definition) is 6. The third-order valence-corrected chi connectivity index (χ3v) is 5.56. The number of methoxy groups -OCH3 is 1. The molecule has 3 rings (SSSR count). The molecule has 0 saturated carbocycles. The van der Waals surface area contributed by atoms with Crippen molar-refractivity contribution in [1.29, 1.82) is 0 Å². The van der Waals surface area contributed by atoms with E-state index in [0.717, 1.165) is 12.0 Å². The molecule has 0 aliphatic carbocycles. The van der Waals surface area contributed by atoms with Gasteiger partial charge in [-0.25, -0.2) is 0 Å². The maximum Gasteiger partial charge on any atom is 0.295 e. The lowest BCUT2D eigenvalue weighted by Crippen LogP contribution is -2.33.